The molecule has 1 nitrogen and oxygen atoms in total. The molecule has 0 rings (SSSR count). The van der Waals surface area contributed by atoms with Crippen molar-refractivity contribution in [1.29, 1.82) is 0 Å². The lowest BCUT2D eigenvalue weighted by atomic mass is 10.3. The molecule has 0 amide bonds. The van der Waals surface area contributed by atoms with Gasteiger partial charge in [0.2, 0.25) is 0 Å². The molecule has 0 unspecified atom stereocenters. The van der Waals surface area contributed by atoms with Gasteiger partial charge in [-0.25, -0.2) is 0 Å². The van der Waals surface area contributed by atoms with Crippen LogP contribution in [0.25, 0.3) is 0 Å². The van der Waals surface area contributed by atoms with Crippen LogP contribution in [0.4, 0.5) is 0 Å². The minimum atomic E-state index is -0.568. The first-order valence-electron chi connectivity index (χ1n) is 1.93. The lowest BCUT2D eigenvalue weighted by molar-refractivity contribution is -0.108. The maximum atomic E-state index is 10.1. The van der Waals surface area contributed by atoms with Crippen molar-refractivity contribution in [2.45, 2.75) is 0 Å². The SMILES string of the molecule is C=C=CC(=C)C(=O)Cl. The molecule has 0 N–H and O–H groups in total. The van der Waals surface area contributed by atoms with Crippen molar-refractivity contribution < 1.29 is 4.79 Å². The number of carbonyl (C=O) groups is 1. The van der Waals surface area contributed by atoms with Crippen molar-refractivity contribution in [3.05, 3.63) is 30.5 Å². The number of rotatable bonds is 2. The summed E-state index contributed by atoms with van der Waals surface area (Å²) in [6.07, 6.45) is 1.33. The van der Waals surface area contributed by atoms with E-state index >= 15 is 0 Å². The molecule has 0 aromatic carbocycles. The highest BCUT2D eigenvalue weighted by molar-refractivity contribution is 6.68. The first kappa shape index (κ1) is 7.22. The van der Waals surface area contributed by atoms with Gasteiger partial charge in [0.25, 0.3) is 5.24 Å². The monoisotopic (exact) mass is 128 g/mol. The van der Waals surface area contributed by atoms with Gasteiger partial charge in [-0.3, -0.25) is 4.79 Å². The summed E-state index contributed by atoms with van der Waals surface area (Å²) in [5, 5.41) is -0.568. The second-order valence-electron chi connectivity index (χ2n) is 1.15. The number of halogens is 1. The van der Waals surface area contributed by atoms with E-state index in [2.05, 4.69) is 18.9 Å². The van der Waals surface area contributed by atoms with Crippen LogP contribution in [-0.4, -0.2) is 5.24 Å². The fraction of sp³-hybridized carbons (Fsp3) is 0. The lowest BCUT2D eigenvalue weighted by Gasteiger charge is -1.81. The molecule has 0 aromatic heterocycles. The number of hydrogen-bond acceptors (Lipinski definition) is 1. The van der Waals surface area contributed by atoms with E-state index in [0.717, 1.165) is 0 Å². The van der Waals surface area contributed by atoms with Gasteiger partial charge in [0.1, 0.15) is 0 Å². The van der Waals surface area contributed by atoms with Crippen molar-refractivity contribution >= 4 is 16.8 Å². The van der Waals surface area contributed by atoms with Gasteiger partial charge in [-0.2, -0.15) is 0 Å². The zero-order valence-electron chi connectivity index (χ0n) is 4.28. The molecule has 0 aliphatic carbocycles. The first-order chi connectivity index (χ1) is 3.68. The molecule has 0 spiro atoms. The topological polar surface area (TPSA) is 17.1 Å². The summed E-state index contributed by atoms with van der Waals surface area (Å²) in [4.78, 5) is 10.1. The van der Waals surface area contributed by atoms with Crippen LogP contribution in [0.3, 0.4) is 0 Å². The van der Waals surface area contributed by atoms with Crippen molar-refractivity contribution in [3.8, 4) is 0 Å². The highest BCUT2D eigenvalue weighted by atomic mass is 35.5. The summed E-state index contributed by atoms with van der Waals surface area (Å²) in [5.41, 5.74) is 2.58. The number of hydrogen-bond donors (Lipinski definition) is 0. The molecule has 0 aliphatic heterocycles. The van der Waals surface area contributed by atoms with E-state index in [9.17, 15) is 4.79 Å². The molecule has 0 bridgehead atoms. The number of carbonyl (C=O) groups excluding carboxylic acids is 1. The van der Waals surface area contributed by atoms with Gasteiger partial charge in [0.05, 0.1) is 0 Å². The van der Waals surface area contributed by atoms with Crippen molar-refractivity contribution in [2.75, 3.05) is 0 Å². The van der Waals surface area contributed by atoms with Gasteiger partial charge in [-0.1, -0.05) is 13.2 Å². The predicted octanol–water partition coefficient (Wildman–Crippen LogP) is 1.65. The molecular weight excluding hydrogens is 124 g/mol. The van der Waals surface area contributed by atoms with Crippen LogP contribution in [-0.2, 0) is 4.79 Å². The maximum absolute atomic E-state index is 10.1. The van der Waals surface area contributed by atoms with Gasteiger partial charge in [0.15, 0.2) is 0 Å². The third-order valence-electron chi connectivity index (χ3n) is 0.529. The lowest BCUT2D eigenvalue weighted by Crippen LogP contribution is -1.84. The molecule has 0 radical (unpaired) electrons. The second kappa shape index (κ2) is 3.25. The summed E-state index contributed by atoms with van der Waals surface area (Å²) in [7, 11) is 0. The fourth-order valence-electron chi connectivity index (χ4n) is 0.180. The van der Waals surface area contributed by atoms with Gasteiger partial charge in [0, 0.05) is 5.57 Å². The molecular formula is C6H5ClO. The molecule has 2 heteroatoms. The van der Waals surface area contributed by atoms with E-state index in [1.165, 1.54) is 6.08 Å². The van der Waals surface area contributed by atoms with E-state index < -0.39 is 5.24 Å². The third-order valence-corrected chi connectivity index (χ3v) is 0.771. The Bertz CT molecular complexity index is 159. The van der Waals surface area contributed by atoms with Crippen molar-refractivity contribution in [1.82, 2.24) is 0 Å². The normalized spacial score (nSPS) is 7.12. The predicted molar refractivity (Wildman–Crippen MR) is 33.7 cm³/mol. The Morgan fingerprint density at radius 3 is 2.38 bits per heavy atom. The quantitative estimate of drug-likeness (QED) is 0.239. The highest BCUT2D eigenvalue weighted by Gasteiger charge is 1.94. The van der Waals surface area contributed by atoms with Crippen LogP contribution in [0.2, 0.25) is 0 Å². The Kier molecular flexibility index (Phi) is 2.93. The van der Waals surface area contributed by atoms with Crippen LogP contribution in [0, 0.1) is 0 Å². The summed E-state index contributed by atoms with van der Waals surface area (Å²) < 4.78 is 0. The zero-order chi connectivity index (χ0) is 6.57. The van der Waals surface area contributed by atoms with E-state index in [0.29, 0.717) is 0 Å². The van der Waals surface area contributed by atoms with E-state index in [4.69, 9.17) is 11.6 Å². The van der Waals surface area contributed by atoms with Crippen molar-refractivity contribution in [2.24, 2.45) is 0 Å². The minimum absolute atomic E-state index is 0.210. The Morgan fingerprint density at radius 1 is 1.75 bits per heavy atom. The standard InChI is InChI=1S/C6H5ClO/c1-3-4-5(2)6(7)8/h4H,1-2H2. The van der Waals surface area contributed by atoms with Crippen LogP contribution < -0.4 is 0 Å². The smallest absolute Gasteiger partial charge is 0.252 e. The molecule has 42 valence electrons. The number of allylic oxidation sites excluding steroid dienone is 2. The van der Waals surface area contributed by atoms with Gasteiger partial charge < -0.3 is 0 Å². The first-order valence-corrected chi connectivity index (χ1v) is 2.31. The second-order valence-corrected chi connectivity index (χ2v) is 1.49. The zero-order valence-corrected chi connectivity index (χ0v) is 5.03. The Morgan fingerprint density at radius 2 is 2.25 bits per heavy atom. The Balaban J connectivity index is 4.05. The largest absolute Gasteiger partial charge is 0.276 e. The van der Waals surface area contributed by atoms with Gasteiger partial charge in [-0.05, 0) is 17.7 Å². The summed E-state index contributed by atoms with van der Waals surface area (Å²) in [6.45, 7) is 6.54. The van der Waals surface area contributed by atoms with E-state index in [1.54, 1.807) is 0 Å². The van der Waals surface area contributed by atoms with Gasteiger partial charge >= 0.3 is 0 Å². The summed E-state index contributed by atoms with van der Waals surface area (Å²) >= 11 is 4.97. The molecule has 0 saturated heterocycles. The van der Waals surface area contributed by atoms with E-state index in [1.807, 2.05) is 0 Å². The molecule has 0 aliphatic rings. The van der Waals surface area contributed by atoms with Crippen LogP contribution in [0.1, 0.15) is 0 Å². The Hall–Kier alpha value is -0.780. The molecule has 0 atom stereocenters. The molecule has 8 heavy (non-hydrogen) atoms. The molecule has 0 fully saturated rings. The average molecular weight is 129 g/mol. The van der Waals surface area contributed by atoms with E-state index in [-0.39, 0.29) is 5.57 Å². The Labute approximate surface area is 53.0 Å². The van der Waals surface area contributed by atoms with Crippen LogP contribution >= 0.6 is 11.6 Å². The molecule has 0 aromatic rings. The minimum Gasteiger partial charge on any atom is -0.276 e. The fourth-order valence-corrected chi connectivity index (χ4v) is 0.234. The van der Waals surface area contributed by atoms with Crippen LogP contribution in [0.5, 0.6) is 0 Å². The van der Waals surface area contributed by atoms with Crippen LogP contribution in [0.15, 0.2) is 30.5 Å². The summed E-state index contributed by atoms with van der Waals surface area (Å²) in [6, 6.07) is 0. The highest BCUT2D eigenvalue weighted by Crippen LogP contribution is 1.95. The summed E-state index contributed by atoms with van der Waals surface area (Å²) in [5.74, 6) is 0. The van der Waals surface area contributed by atoms with Crippen molar-refractivity contribution in [3.63, 3.8) is 0 Å². The molecule has 0 heterocycles. The molecule has 0 saturated carbocycles. The third kappa shape index (κ3) is 2.40. The average Bonchev–Trinajstić information content (AvgIpc) is 1.67. The van der Waals surface area contributed by atoms with Gasteiger partial charge in [-0.15, -0.1) is 5.73 Å². The maximum Gasteiger partial charge on any atom is 0.252 e.